The minimum atomic E-state index is -2.48. The molecule has 0 radical (unpaired) electrons. The molecule has 430 valence electrons. The van der Waals surface area contributed by atoms with Gasteiger partial charge in [-0.1, -0.05) is 82.1 Å². The third-order valence-corrected chi connectivity index (χ3v) is 14.7. The minimum absolute atomic E-state index is 0.0441. The van der Waals surface area contributed by atoms with Crippen LogP contribution < -0.4 is 18.9 Å². The molecule has 0 bridgehead atoms. The lowest BCUT2D eigenvalue weighted by atomic mass is 9.78. The summed E-state index contributed by atoms with van der Waals surface area (Å²) in [5, 5.41) is 0.395. The monoisotopic (exact) mass is 1200 g/mol. The second-order valence-corrected chi connectivity index (χ2v) is 20.1. The molecule has 82 heavy (non-hydrogen) atoms. The Bertz CT molecular complexity index is 3670. The summed E-state index contributed by atoms with van der Waals surface area (Å²) in [6.07, 6.45) is -1.13. The molecule has 0 unspecified atom stereocenters. The molecule has 8 aromatic rings. The molecule has 0 fully saturated rings. The molecule has 8 rings (SSSR count). The Kier molecular flexibility index (Phi) is 17.0. The van der Waals surface area contributed by atoms with Gasteiger partial charge in [-0.05, 0) is 110 Å². The van der Waals surface area contributed by atoms with Gasteiger partial charge in [0.15, 0.2) is 69.8 Å². The molecule has 0 spiro atoms. The van der Waals surface area contributed by atoms with E-state index >= 15 is 70.2 Å². The van der Waals surface area contributed by atoms with Gasteiger partial charge in [-0.3, -0.25) is 0 Å². The summed E-state index contributed by atoms with van der Waals surface area (Å²) in [5.41, 5.74) is -15.7. The van der Waals surface area contributed by atoms with Crippen LogP contribution in [0.5, 0.6) is 34.5 Å². The van der Waals surface area contributed by atoms with E-state index in [1.807, 2.05) is 0 Å². The molecule has 8 aromatic carbocycles. The van der Waals surface area contributed by atoms with Gasteiger partial charge in [-0.15, -0.1) is 0 Å². The molecule has 0 amide bonds. The Morgan fingerprint density at radius 1 is 0.317 bits per heavy atom. The van der Waals surface area contributed by atoms with Crippen LogP contribution in [0.3, 0.4) is 0 Å². The molecule has 0 aliphatic carbocycles. The fourth-order valence-corrected chi connectivity index (χ4v) is 9.53. The number of benzene rings is 8. The average molecular weight is 1200 g/mol. The largest absolute Gasteiger partial charge is 0.483 e. The number of rotatable bonds is 17. The fraction of sp³-hybridized carbons (Fsp3) is 0.200. The zero-order valence-corrected chi connectivity index (χ0v) is 44.8. The molecule has 0 saturated carbocycles. The third kappa shape index (κ3) is 10.5. The van der Waals surface area contributed by atoms with Gasteiger partial charge in [0, 0.05) is 15.5 Å². The smallest absolute Gasteiger partial charge is 0.205 e. The summed E-state index contributed by atoms with van der Waals surface area (Å²) in [6, 6.07) is 20.3. The summed E-state index contributed by atoms with van der Waals surface area (Å²) >= 11 is 11.6. The molecule has 4 nitrogen and oxygen atoms in total. The Balaban J connectivity index is 1.03. The maximum absolute atomic E-state index is 16.2. The van der Waals surface area contributed by atoms with Gasteiger partial charge in [-0.2, -0.15) is 17.6 Å². The normalized spacial score (nSPS) is 12.6. The van der Waals surface area contributed by atoms with Crippen molar-refractivity contribution in [2.24, 2.45) is 0 Å². The van der Waals surface area contributed by atoms with Crippen LogP contribution >= 0.6 is 23.2 Å². The molecule has 0 N–H and O–H groups in total. The zero-order valence-electron chi connectivity index (χ0n) is 43.3. The molecular formula is C60H40Cl2F16O4. The molecule has 1 atom stereocenters. The lowest BCUT2D eigenvalue weighted by molar-refractivity contribution is 0.0478. The van der Waals surface area contributed by atoms with E-state index in [0.29, 0.717) is 11.1 Å². The van der Waals surface area contributed by atoms with Crippen LogP contribution in [0.1, 0.15) is 83.1 Å². The van der Waals surface area contributed by atoms with E-state index in [1.165, 1.54) is 93.6 Å². The van der Waals surface area contributed by atoms with Crippen molar-refractivity contribution in [2.45, 2.75) is 77.4 Å². The fourth-order valence-electron chi connectivity index (χ4n) is 9.28. The van der Waals surface area contributed by atoms with Crippen LogP contribution in [0.4, 0.5) is 70.2 Å². The highest BCUT2D eigenvalue weighted by Crippen LogP contribution is 2.48. The van der Waals surface area contributed by atoms with Crippen LogP contribution in [0, 0.1) is 93.1 Å². The topological polar surface area (TPSA) is 36.9 Å². The van der Waals surface area contributed by atoms with Gasteiger partial charge in [0.2, 0.25) is 34.8 Å². The van der Waals surface area contributed by atoms with E-state index in [0.717, 1.165) is 31.2 Å². The first-order valence-electron chi connectivity index (χ1n) is 24.5. The second-order valence-electron chi connectivity index (χ2n) is 19.2. The Labute approximate surface area is 467 Å². The van der Waals surface area contributed by atoms with Gasteiger partial charge in [-0.25, -0.2) is 52.7 Å². The van der Waals surface area contributed by atoms with E-state index in [-0.39, 0.29) is 33.7 Å². The first-order chi connectivity index (χ1) is 38.6. The van der Waals surface area contributed by atoms with E-state index in [4.69, 9.17) is 42.1 Å². The van der Waals surface area contributed by atoms with E-state index < -0.39 is 173 Å². The Morgan fingerprint density at radius 2 is 0.585 bits per heavy atom. The van der Waals surface area contributed by atoms with Crippen LogP contribution in [0.2, 0.25) is 10.0 Å². The summed E-state index contributed by atoms with van der Waals surface area (Å²) in [7, 11) is 0. The lowest BCUT2D eigenvalue weighted by Gasteiger charge is -2.34. The van der Waals surface area contributed by atoms with Crippen LogP contribution in [0.15, 0.2) is 97.1 Å². The van der Waals surface area contributed by atoms with Gasteiger partial charge >= 0.3 is 0 Å². The van der Waals surface area contributed by atoms with Crippen molar-refractivity contribution in [1.29, 1.82) is 0 Å². The van der Waals surface area contributed by atoms with Gasteiger partial charge < -0.3 is 18.9 Å². The maximum Gasteiger partial charge on any atom is 0.205 e. The van der Waals surface area contributed by atoms with Crippen molar-refractivity contribution in [3.8, 4) is 56.8 Å². The molecule has 22 heteroatoms. The molecule has 0 saturated heterocycles. The zero-order chi connectivity index (χ0) is 60.2. The highest BCUT2D eigenvalue weighted by Gasteiger charge is 2.44. The molecule has 0 aromatic heterocycles. The lowest BCUT2D eigenvalue weighted by Crippen LogP contribution is -2.35. The molecule has 0 aliphatic heterocycles. The van der Waals surface area contributed by atoms with Crippen molar-refractivity contribution in [3.05, 3.63) is 222 Å². The number of hydrogen-bond donors (Lipinski definition) is 0. The Hall–Kier alpha value is -7.58. The standard InChI is InChI=1S/C60H40Cl2F16O4/c1-7-59(6,81-32-24-16-29(62)17-25-32)38-48(71)40(63)34(41(64)49(38)72)36-44(67)52(75)56(53(76)45(36)68)79-30-18-10-26(11-19-30)58(4,5)27-12-20-33(21-13-27)82-60(8-2,9-3)39-50(73)42(65)35(43(66)51(39)74)37-46(69)54(77)57(55(78)47(37)70)80-31-22-14-28(61)15-23-31/h10-25H,7-9H2,1-6H3/t59-/m1/s1. The van der Waals surface area contributed by atoms with Gasteiger partial charge in [0.25, 0.3) is 0 Å². The van der Waals surface area contributed by atoms with Crippen molar-refractivity contribution < 1.29 is 89.2 Å². The van der Waals surface area contributed by atoms with Crippen LogP contribution in [0.25, 0.3) is 22.3 Å². The first-order valence-corrected chi connectivity index (χ1v) is 25.3. The SMILES string of the molecule is CCC(CC)(Oc1ccc(C(C)(C)c2ccc(Oc3c(F)c(F)c(-c4c(F)c(F)c([C@@](C)(CC)Oc5ccc(Cl)cc5)c(F)c4F)c(F)c3F)cc2)cc1)c1c(F)c(F)c(-c2c(F)c(F)c(Oc3ccc(Cl)cc3)c(F)c2F)c(F)c1F. The predicted molar refractivity (Wildman–Crippen MR) is 272 cm³/mol. The first kappa shape index (κ1) is 60.5. The highest BCUT2D eigenvalue weighted by atomic mass is 35.5. The summed E-state index contributed by atoms with van der Waals surface area (Å²) in [4.78, 5) is 0. The van der Waals surface area contributed by atoms with E-state index in [9.17, 15) is 0 Å². The Morgan fingerprint density at radius 3 is 0.902 bits per heavy atom. The van der Waals surface area contributed by atoms with Crippen molar-refractivity contribution >= 4 is 23.2 Å². The number of halogens is 18. The van der Waals surface area contributed by atoms with Crippen molar-refractivity contribution in [2.75, 3.05) is 0 Å². The molecular weight excluding hydrogens is 1160 g/mol. The summed E-state index contributed by atoms with van der Waals surface area (Å²) in [6.45, 7) is 8.44. The van der Waals surface area contributed by atoms with Gasteiger partial charge in [0.05, 0.1) is 33.4 Å². The molecule has 0 aliphatic rings. The van der Waals surface area contributed by atoms with Crippen LogP contribution in [-0.2, 0) is 16.6 Å². The quantitative estimate of drug-likeness (QED) is 0.0673. The minimum Gasteiger partial charge on any atom is -0.483 e. The van der Waals surface area contributed by atoms with Gasteiger partial charge in [0.1, 0.15) is 34.2 Å². The summed E-state index contributed by atoms with van der Waals surface area (Å²) in [5.74, 6) is -42.0. The predicted octanol–water partition coefficient (Wildman–Crippen LogP) is 20.3. The van der Waals surface area contributed by atoms with E-state index in [2.05, 4.69) is 0 Å². The summed E-state index contributed by atoms with van der Waals surface area (Å²) < 4.78 is 274. The maximum atomic E-state index is 16.2. The number of ether oxygens (including phenoxy) is 4. The van der Waals surface area contributed by atoms with Crippen molar-refractivity contribution in [1.82, 2.24) is 0 Å². The third-order valence-electron chi connectivity index (χ3n) is 14.1. The molecule has 0 heterocycles. The van der Waals surface area contributed by atoms with E-state index in [1.54, 1.807) is 13.8 Å². The second kappa shape index (κ2) is 23.0. The average Bonchev–Trinajstić information content (AvgIpc) is 3.60. The van der Waals surface area contributed by atoms with Crippen LogP contribution in [-0.4, -0.2) is 0 Å². The highest BCUT2D eigenvalue weighted by molar-refractivity contribution is 6.30. The number of hydrogen-bond acceptors (Lipinski definition) is 4. The van der Waals surface area contributed by atoms with Crippen molar-refractivity contribution in [3.63, 3.8) is 0 Å².